The number of imidazole rings is 1. The van der Waals surface area contributed by atoms with Crippen LogP contribution in [0.1, 0.15) is 52.7 Å². The van der Waals surface area contributed by atoms with Gasteiger partial charge in [-0.05, 0) is 78.6 Å². The van der Waals surface area contributed by atoms with Crippen molar-refractivity contribution in [2.24, 2.45) is 15.4 Å². The summed E-state index contributed by atoms with van der Waals surface area (Å²) in [6, 6.07) is 18.1. The van der Waals surface area contributed by atoms with E-state index in [1.54, 1.807) is 66.7 Å². The lowest BCUT2D eigenvalue weighted by molar-refractivity contribution is -0.139. The number of nitrogens with zero attached hydrogens (tertiary/aromatic N) is 7. The van der Waals surface area contributed by atoms with Crippen LogP contribution in [0.3, 0.4) is 0 Å². The van der Waals surface area contributed by atoms with Crippen molar-refractivity contribution in [3.63, 3.8) is 0 Å². The number of fused-ring (bicyclic) bond motifs is 1. The third-order valence-electron chi connectivity index (χ3n) is 9.12. The van der Waals surface area contributed by atoms with Crippen LogP contribution in [0.5, 0.6) is 5.75 Å². The Bertz CT molecular complexity index is 1800. The predicted octanol–water partition coefficient (Wildman–Crippen LogP) is 7.06. The van der Waals surface area contributed by atoms with E-state index in [1.165, 1.54) is 23.8 Å². The highest BCUT2D eigenvalue weighted by Gasteiger charge is 2.31. The van der Waals surface area contributed by atoms with Crippen molar-refractivity contribution >= 4 is 29.1 Å². The zero-order valence-corrected chi connectivity index (χ0v) is 27.3. The van der Waals surface area contributed by atoms with Gasteiger partial charge in [-0.1, -0.05) is 30.3 Å². The molecular formula is C35H38F4N8O2. The summed E-state index contributed by atoms with van der Waals surface area (Å²) in [4.78, 5) is 22.2. The van der Waals surface area contributed by atoms with Gasteiger partial charge in [0, 0.05) is 38.6 Å². The van der Waals surface area contributed by atoms with Gasteiger partial charge in [0.1, 0.15) is 24.2 Å². The minimum absolute atomic E-state index is 0.0283. The van der Waals surface area contributed by atoms with Gasteiger partial charge in [0.05, 0.1) is 29.9 Å². The number of piperidine rings is 1. The number of alkyl halides is 3. The number of benzene rings is 3. The molecule has 1 N–H and O–H groups in total. The molecule has 3 heterocycles. The Kier molecular flexibility index (Phi) is 10.2. The number of ether oxygens (including phenoxy) is 1. The molecule has 10 nitrogen and oxygen atoms in total. The normalized spacial score (nSPS) is 17.5. The number of hydrogen-bond acceptors (Lipinski definition) is 8. The third kappa shape index (κ3) is 8.24. The Balaban J connectivity index is 1.10. The Morgan fingerprint density at radius 3 is 2.53 bits per heavy atom. The van der Waals surface area contributed by atoms with Crippen molar-refractivity contribution < 1.29 is 27.1 Å². The lowest BCUT2D eigenvalue weighted by Gasteiger charge is -2.34. The van der Waals surface area contributed by atoms with E-state index in [1.807, 2.05) is 6.07 Å². The zero-order valence-electron chi connectivity index (χ0n) is 27.3. The Morgan fingerprint density at radius 2 is 1.84 bits per heavy atom. The average Bonchev–Trinajstić information content (AvgIpc) is 3.75. The van der Waals surface area contributed by atoms with Gasteiger partial charge < -0.3 is 24.4 Å². The van der Waals surface area contributed by atoms with Gasteiger partial charge in [0.25, 0.3) is 5.91 Å². The Labute approximate surface area is 281 Å². The van der Waals surface area contributed by atoms with Crippen LogP contribution in [0.15, 0.2) is 82.2 Å². The molecule has 2 unspecified atom stereocenters. The maximum atomic E-state index is 13.9. The first kappa shape index (κ1) is 34.0. The molecule has 2 aliphatic rings. The van der Waals surface area contributed by atoms with Gasteiger partial charge in [-0.2, -0.15) is 18.3 Å². The number of carbonyl (C=O) groups excluding carboxylic acids is 1. The molecule has 0 saturated carbocycles. The van der Waals surface area contributed by atoms with E-state index in [0.29, 0.717) is 35.3 Å². The second-order valence-corrected chi connectivity index (χ2v) is 12.5. The highest BCUT2D eigenvalue weighted by molar-refractivity contribution is 5.97. The summed E-state index contributed by atoms with van der Waals surface area (Å²) in [7, 11) is 3.26. The van der Waals surface area contributed by atoms with Crippen molar-refractivity contribution in [3.05, 3.63) is 89.2 Å². The minimum atomic E-state index is -4.38. The van der Waals surface area contributed by atoms with E-state index in [4.69, 9.17) is 4.74 Å². The standard InChI is InChI=1S/C35H38F4N8O2/c1-45(33(48)28-19-24(9-12-32(28)49-2)30-20-40-44-43-30)21-25(23-7-10-26(36)11-8-23)13-16-46-17-14-27(15-18-46)41-34-42-29-5-3-4-6-31(29)47(34)22-35(37,38)39/h3-12,19-20,25,27,30H,13-18,21-22H2,1-2H3,(H,41,42). The molecule has 49 heavy (non-hydrogen) atoms. The fourth-order valence-electron chi connectivity index (χ4n) is 6.50. The zero-order chi connectivity index (χ0) is 34.5. The maximum Gasteiger partial charge on any atom is 0.406 e. The number of methoxy groups -OCH3 is 1. The van der Waals surface area contributed by atoms with Crippen molar-refractivity contribution in [1.82, 2.24) is 19.4 Å². The van der Waals surface area contributed by atoms with Crippen LogP contribution in [-0.4, -0.2) is 84.0 Å². The topological polar surface area (TPSA) is 99.7 Å². The smallest absolute Gasteiger partial charge is 0.406 e. The van der Waals surface area contributed by atoms with Gasteiger partial charge in [-0.25, -0.2) is 9.37 Å². The molecule has 1 amide bonds. The lowest BCUT2D eigenvalue weighted by atomic mass is 9.93. The quantitative estimate of drug-likeness (QED) is 0.162. The second-order valence-electron chi connectivity index (χ2n) is 12.5. The van der Waals surface area contributed by atoms with E-state index >= 15 is 0 Å². The van der Waals surface area contributed by atoms with E-state index in [2.05, 4.69) is 30.6 Å². The van der Waals surface area contributed by atoms with E-state index in [9.17, 15) is 22.4 Å². The number of likely N-dealkylation sites (tertiary alicyclic amines) is 1. The number of aromatic nitrogens is 2. The highest BCUT2D eigenvalue weighted by Crippen LogP contribution is 2.30. The molecule has 0 radical (unpaired) electrons. The number of anilines is 1. The summed E-state index contributed by atoms with van der Waals surface area (Å²) in [5, 5.41) is 14.8. The average molecular weight is 679 g/mol. The molecule has 0 bridgehead atoms. The summed E-state index contributed by atoms with van der Waals surface area (Å²) in [6.07, 6.45) is -0.601. The van der Waals surface area contributed by atoms with Crippen molar-refractivity contribution in [1.29, 1.82) is 0 Å². The van der Waals surface area contributed by atoms with Crippen LogP contribution in [0.25, 0.3) is 11.0 Å². The summed E-state index contributed by atoms with van der Waals surface area (Å²) < 4.78 is 60.9. The monoisotopic (exact) mass is 678 g/mol. The minimum Gasteiger partial charge on any atom is -0.496 e. The van der Waals surface area contributed by atoms with Crippen LogP contribution in [0.4, 0.5) is 23.5 Å². The van der Waals surface area contributed by atoms with Crippen molar-refractivity contribution in [3.8, 4) is 5.75 Å². The van der Waals surface area contributed by atoms with E-state index < -0.39 is 12.7 Å². The molecule has 258 valence electrons. The number of likely N-dealkylation sites (N-methyl/N-ethyl adjacent to an activating group) is 1. The van der Waals surface area contributed by atoms with Crippen LogP contribution >= 0.6 is 0 Å². The van der Waals surface area contributed by atoms with Crippen LogP contribution < -0.4 is 10.1 Å². The fraction of sp³-hybridized carbons (Fsp3) is 0.400. The molecular weight excluding hydrogens is 640 g/mol. The number of para-hydroxylation sites is 2. The van der Waals surface area contributed by atoms with Gasteiger partial charge in [-0.3, -0.25) is 4.79 Å². The van der Waals surface area contributed by atoms with Crippen molar-refractivity contribution in [2.45, 2.75) is 50.0 Å². The SMILES string of the molecule is COc1ccc(C2C=NN=N2)cc1C(=O)N(C)CC(CCN1CCC(Nc2nc3ccccc3n2CC(F)(F)F)CC1)c1ccc(F)cc1. The number of amides is 1. The van der Waals surface area contributed by atoms with E-state index in [-0.39, 0.29) is 35.7 Å². The second kappa shape index (κ2) is 14.7. The van der Waals surface area contributed by atoms with Gasteiger partial charge in [0.15, 0.2) is 0 Å². The molecule has 4 aromatic rings. The summed E-state index contributed by atoms with van der Waals surface area (Å²) in [5.74, 6) is 0.0263. The van der Waals surface area contributed by atoms with E-state index in [0.717, 1.165) is 43.6 Å². The largest absolute Gasteiger partial charge is 0.496 e. The molecule has 14 heteroatoms. The summed E-state index contributed by atoms with van der Waals surface area (Å²) >= 11 is 0. The van der Waals surface area contributed by atoms with Crippen molar-refractivity contribution in [2.75, 3.05) is 45.7 Å². The molecule has 1 aromatic heterocycles. The molecule has 1 fully saturated rings. The van der Waals surface area contributed by atoms with Gasteiger partial charge >= 0.3 is 6.18 Å². The number of nitrogens with one attached hydrogen (secondary N) is 1. The molecule has 1 saturated heterocycles. The molecule has 6 rings (SSSR count). The summed E-state index contributed by atoms with van der Waals surface area (Å²) in [6.45, 7) is 1.49. The molecule has 3 aromatic carbocycles. The Hall–Kier alpha value is -4.85. The van der Waals surface area contributed by atoms with Gasteiger partial charge in [0.2, 0.25) is 5.95 Å². The Morgan fingerprint density at radius 1 is 1.08 bits per heavy atom. The lowest BCUT2D eigenvalue weighted by Crippen LogP contribution is -2.41. The first-order valence-electron chi connectivity index (χ1n) is 16.2. The van der Waals surface area contributed by atoms with Gasteiger partial charge in [-0.15, -0.1) is 5.10 Å². The summed E-state index contributed by atoms with van der Waals surface area (Å²) in [5.41, 5.74) is 3.05. The number of hydrogen-bond donors (Lipinski definition) is 1. The molecule has 2 aliphatic heterocycles. The third-order valence-corrected chi connectivity index (χ3v) is 9.12. The highest BCUT2D eigenvalue weighted by atomic mass is 19.4. The predicted molar refractivity (Wildman–Crippen MR) is 179 cm³/mol. The number of rotatable bonds is 12. The molecule has 0 aliphatic carbocycles. The molecule has 2 atom stereocenters. The first-order chi connectivity index (χ1) is 23.6. The number of carbonyl (C=O) groups is 1. The fourth-order valence-corrected chi connectivity index (χ4v) is 6.50. The maximum absolute atomic E-state index is 13.9. The molecule has 0 spiro atoms. The van der Waals surface area contributed by atoms with Crippen LogP contribution in [0, 0.1) is 5.82 Å². The van der Waals surface area contributed by atoms with Crippen LogP contribution in [0.2, 0.25) is 0 Å². The number of halogens is 4. The first-order valence-corrected chi connectivity index (χ1v) is 16.2. The van der Waals surface area contributed by atoms with Crippen LogP contribution in [-0.2, 0) is 6.54 Å².